The first-order valence-electron chi connectivity index (χ1n) is 4.25. The van der Waals surface area contributed by atoms with Crippen molar-refractivity contribution >= 4 is 21.8 Å². The van der Waals surface area contributed by atoms with Crippen LogP contribution in [0, 0.1) is 0 Å². The Labute approximate surface area is 75.1 Å². The first kappa shape index (κ1) is 7.59. The summed E-state index contributed by atoms with van der Waals surface area (Å²) in [4.78, 5) is 13.4. The molecule has 2 fully saturated rings. The third-order valence-electron chi connectivity index (χ3n) is 2.66. The van der Waals surface area contributed by atoms with Crippen molar-refractivity contribution in [3.8, 4) is 0 Å². The number of halogens is 1. The lowest BCUT2D eigenvalue weighted by atomic mass is 9.98. The highest BCUT2D eigenvalue weighted by Gasteiger charge is 2.45. The SMILES string of the molecule is O=C1C(Br)C2CCCCCN12. The monoisotopic (exact) mass is 217 g/mol. The van der Waals surface area contributed by atoms with Crippen LogP contribution in [0.15, 0.2) is 0 Å². The molecule has 2 unspecified atom stereocenters. The van der Waals surface area contributed by atoms with Crippen LogP contribution < -0.4 is 0 Å². The molecule has 2 aliphatic heterocycles. The minimum absolute atomic E-state index is 0.139. The summed E-state index contributed by atoms with van der Waals surface area (Å²) in [5.41, 5.74) is 0. The molecule has 2 saturated heterocycles. The van der Waals surface area contributed by atoms with Crippen LogP contribution in [0.4, 0.5) is 0 Å². The summed E-state index contributed by atoms with van der Waals surface area (Å²) in [6.45, 7) is 0.992. The highest BCUT2D eigenvalue weighted by atomic mass is 79.9. The third-order valence-corrected chi connectivity index (χ3v) is 3.66. The molecule has 0 saturated carbocycles. The summed E-state index contributed by atoms with van der Waals surface area (Å²) >= 11 is 3.41. The van der Waals surface area contributed by atoms with E-state index < -0.39 is 0 Å². The van der Waals surface area contributed by atoms with Gasteiger partial charge >= 0.3 is 0 Å². The van der Waals surface area contributed by atoms with E-state index in [-0.39, 0.29) is 4.83 Å². The summed E-state index contributed by atoms with van der Waals surface area (Å²) in [6.07, 6.45) is 4.97. The fourth-order valence-electron chi connectivity index (χ4n) is 1.95. The number of β-lactam (4-membered cyclic amide) rings is 1. The summed E-state index contributed by atoms with van der Waals surface area (Å²) in [5.74, 6) is 0.303. The molecule has 0 aromatic rings. The highest BCUT2D eigenvalue weighted by molar-refractivity contribution is 9.10. The maximum absolute atomic E-state index is 11.2. The summed E-state index contributed by atoms with van der Waals surface area (Å²) in [5, 5.41) is 0. The Kier molecular flexibility index (Phi) is 1.91. The van der Waals surface area contributed by atoms with Gasteiger partial charge in [0, 0.05) is 6.54 Å². The van der Waals surface area contributed by atoms with E-state index in [1.54, 1.807) is 0 Å². The van der Waals surface area contributed by atoms with Gasteiger partial charge in [0.15, 0.2) is 0 Å². The fraction of sp³-hybridized carbons (Fsp3) is 0.875. The molecule has 0 aromatic heterocycles. The Hall–Kier alpha value is -0.0500. The van der Waals surface area contributed by atoms with Gasteiger partial charge in [0.2, 0.25) is 5.91 Å². The highest BCUT2D eigenvalue weighted by Crippen LogP contribution is 2.32. The maximum Gasteiger partial charge on any atom is 0.238 e. The molecule has 11 heavy (non-hydrogen) atoms. The second-order valence-corrected chi connectivity index (χ2v) is 4.34. The van der Waals surface area contributed by atoms with Crippen LogP contribution in [0.3, 0.4) is 0 Å². The minimum Gasteiger partial charge on any atom is -0.337 e. The van der Waals surface area contributed by atoms with Crippen LogP contribution in [0.2, 0.25) is 0 Å². The van der Waals surface area contributed by atoms with Crippen molar-refractivity contribution in [1.29, 1.82) is 0 Å². The zero-order valence-corrected chi connectivity index (χ0v) is 8.01. The standard InChI is InChI=1S/C8H12BrNO/c9-7-6-4-2-1-3-5-10(6)8(7)11/h6-7H,1-5H2. The van der Waals surface area contributed by atoms with E-state index in [0.717, 1.165) is 6.54 Å². The normalized spacial score (nSPS) is 37.5. The number of alkyl halides is 1. The predicted octanol–water partition coefficient (Wildman–Crippen LogP) is 1.53. The van der Waals surface area contributed by atoms with Crippen molar-refractivity contribution in [3.05, 3.63) is 0 Å². The van der Waals surface area contributed by atoms with Crippen LogP contribution in [-0.4, -0.2) is 28.2 Å². The smallest absolute Gasteiger partial charge is 0.238 e. The first-order valence-corrected chi connectivity index (χ1v) is 5.17. The van der Waals surface area contributed by atoms with Gasteiger partial charge in [-0.25, -0.2) is 0 Å². The van der Waals surface area contributed by atoms with Crippen molar-refractivity contribution in [2.24, 2.45) is 0 Å². The van der Waals surface area contributed by atoms with Crippen LogP contribution in [0.25, 0.3) is 0 Å². The number of rotatable bonds is 0. The van der Waals surface area contributed by atoms with Gasteiger partial charge in [0.25, 0.3) is 0 Å². The quantitative estimate of drug-likeness (QED) is 0.446. The van der Waals surface area contributed by atoms with Gasteiger partial charge in [-0.3, -0.25) is 4.79 Å². The van der Waals surface area contributed by atoms with Gasteiger partial charge in [0.05, 0.1) is 6.04 Å². The third kappa shape index (κ3) is 1.10. The summed E-state index contributed by atoms with van der Waals surface area (Å²) in [6, 6.07) is 0.519. The molecule has 62 valence electrons. The molecule has 0 aliphatic carbocycles. The summed E-state index contributed by atoms with van der Waals surface area (Å²) in [7, 11) is 0. The molecule has 2 nitrogen and oxygen atoms in total. The number of fused-ring (bicyclic) bond motifs is 1. The Morgan fingerprint density at radius 3 is 3.00 bits per heavy atom. The van der Waals surface area contributed by atoms with E-state index >= 15 is 0 Å². The van der Waals surface area contributed by atoms with E-state index in [2.05, 4.69) is 15.9 Å². The molecule has 2 atom stereocenters. The van der Waals surface area contributed by atoms with E-state index in [0.29, 0.717) is 11.9 Å². The Morgan fingerprint density at radius 2 is 2.18 bits per heavy atom. The number of amides is 1. The van der Waals surface area contributed by atoms with Crippen molar-refractivity contribution in [2.75, 3.05) is 6.54 Å². The van der Waals surface area contributed by atoms with Gasteiger partial charge in [-0.05, 0) is 12.8 Å². The van der Waals surface area contributed by atoms with Crippen LogP contribution in [0.5, 0.6) is 0 Å². The molecular weight excluding hydrogens is 206 g/mol. The van der Waals surface area contributed by atoms with Crippen molar-refractivity contribution < 1.29 is 4.79 Å². The second kappa shape index (κ2) is 2.77. The van der Waals surface area contributed by atoms with Gasteiger partial charge in [-0.15, -0.1) is 0 Å². The lowest BCUT2D eigenvalue weighted by Crippen LogP contribution is -2.61. The van der Waals surface area contributed by atoms with Gasteiger partial charge in [-0.1, -0.05) is 28.8 Å². The predicted molar refractivity (Wildman–Crippen MR) is 46.7 cm³/mol. The van der Waals surface area contributed by atoms with Crippen LogP contribution in [-0.2, 0) is 4.79 Å². The summed E-state index contributed by atoms with van der Waals surface area (Å²) < 4.78 is 0. The van der Waals surface area contributed by atoms with Crippen molar-refractivity contribution in [1.82, 2.24) is 4.90 Å². The lowest BCUT2D eigenvalue weighted by Gasteiger charge is -2.43. The molecule has 0 spiro atoms. The number of hydrogen-bond acceptors (Lipinski definition) is 1. The second-order valence-electron chi connectivity index (χ2n) is 3.35. The first-order chi connectivity index (χ1) is 5.30. The molecule has 2 rings (SSSR count). The number of hydrogen-bond donors (Lipinski definition) is 0. The average molecular weight is 218 g/mol. The van der Waals surface area contributed by atoms with E-state index in [4.69, 9.17) is 0 Å². The minimum atomic E-state index is 0.139. The van der Waals surface area contributed by atoms with Gasteiger partial charge in [-0.2, -0.15) is 0 Å². The Morgan fingerprint density at radius 1 is 1.36 bits per heavy atom. The van der Waals surface area contributed by atoms with Gasteiger partial charge in [0.1, 0.15) is 4.83 Å². The van der Waals surface area contributed by atoms with E-state index in [1.165, 1.54) is 25.7 Å². The molecule has 1 amide bonds. The molecular formula is C8H12BrNO. The molecule has 2 aliphatic rings. The number of nitrogens with zero attached hydrogens (tertiary/aromatic N) is 1. The lowest BCUT2D eigenvalue weighted by molar-refractivity contribution is -0.143. The zero-order chi connectivity index (χ0) is 7.84. The van der Waals surface area contributed by atoms with Crippen molar-refractivity contribution in [2.45, 2.75) is 36.6 Å². The van der Waals surface area contributed by atoms with E-state index in [9.17, 15) is 4.79 Å². The van der Waals surface area contributed by atoms with Crippen molar-refractivity contribution in [3.63, 3.8) is 0 Å². The molecule has 0 aromatic carbocycles. The largest absolute Gasteiger partial charge is 0.337 e. The topological polar surface area (TPSA) is 20.3 Å². The molecule has 0 bridgehead atoms. The molecule has 3 heteroatoms. The number of carbonyl (C=O) groups excluding carboxylic acids is 1. The average Bonchev–Trinajstić information content (AvgIpc) is 2.25. The Bertz CT molecular complexity index is 183. The van der Waals surface area contributed by atoms with E-state index in [1.807, 2.05) is 4.90 Å². The van der Waals surface area contributed by atoms with Gasteiger partial charge < -0.3 is 4.90 Å². The Balaban J connectivity index is 2.05. The fourth-order valence-corrected chi connectivity index (χ4v) is 2.77. The maximum atomic E-state index is 11.2. The zero-order valence-electron chi connectivity index (χ0n) is 6.42. The van der Waals surface area contributed by atoms with Crippen LogP contribution in [0.1, 0.15) is 25.7 Å². The van der Waals surface area contributed by atoms with Crippen LogP contribution >= 0.6 is 15.9 Å². The number of carbonyl (C=O) groups is 1. The molecule has 0 radical (unpaired) electrons. The molecule has 2 heterocycles. The molecule has 0 N–H and O–H groups in total.